The van der Waals surface area contributed by atoms with Crippen molar-refractivity contribution in [1.29, 1.82) is 0 Å². The predicted molar refractivity (Wildman–Crippen MR) is 34.0 cm³/mol. The van der Waals surface area contributed by atoms with Crippen molar-refractivity contribution in [1.82, 2.24) is 5.48 Å². The largest absolute Gasteiger partial charge is 0.397 e. The summed E-state index contributed by atoms with van der Waals surface area (Å²) in [5.74, 6) is -2.28. The first-order chi connectivity index (χ1) is 5.81. The van der Waals surface area contributed by atoms with Crippen molar-refractivity contribution in [3.63, 3.8) is 0 Å². The molecule has 0 aliphatic rings. The summed E-state index contributed by atoms with van der Waals surface area (Å²) in [4.78, 5) is 24.4. The van der Waals surface area contributed by atoms with E-state index in [-0.39, 0.29) is 0 Å². The summed E-state index contributed by atoms with van der Waals surface area (Å²) in [5.41, 5.74) is 5.98. The van der Waals surface area contributed by atoms with Gasteiger partial charge in [-0.25, -0.2) is 5.48 Å². The topological polar surface area (TPSA) is 81.4 Å². The molecule has 8 heteroatoms. The Hall–Kier alpha value is -1.31. The molecule has 0 unspecified atom stereocenters. The van der Waals surface area contributed by atoms with Crippen LogP contribution in [0, 0.1) is 0 Å². The van der Waals surface area contributed by atoms with Gasteiger partial charge in [-0.1, -0.05) is 0 Å². The highest BCUT2D eigenvalue weighted by molar-refractivity contribution is 5.77. The molecule has 2 amide bonds. The zero-order valence-corrected chi connectivity index (χ0v) is 6.35. The zero-order valence-electron chi connectivity index (χ0n) is 6.35. The van der Waals surface area contributed by atoms with Gasteiger partial charge in [-0.05, 0) is 0 Å². The molecule has 0 spiro atoms. The molecule has 0 aliphatic heterocycles. The van der Waals surface area contributed by atoms with Crippen molar-refractivity contribution >= 4 is 11.8 Å². The number of hydroxylamine groups is 1. The van der Waals surface area contributed by atoms with Gasteiger partial charge in [-0.2, -0.15) is 13.2 Å². The Morgan fingerprint density at radius 2 is 1.92 bits per heavy atom. The molecule has 0 rings (SSSR count). The van der Waals surface area contributed by atoms with E-state index in [1.165, 1.54) is 5.48 Å². The molecule has 0 saturated carbocycles. The first-order valence-electron chi connectivity index (χ1n) is 3.07. The molecule has 3 N–H and O–H groups in total. The Balaban J connectivity index is 3.59. The molecule has 5 nitrogen and oxygen atoms in total. The van der Waals surface area contributed by atoms with E-state index in [1.807, 2.05) is 0 Å². The highest BCUT2D eigenvalue weighted by Gasteiger charge is 2.31. The number of nitrogens with two attached hydrogens (primary N) is 1. The lowest BCUT2D eigenvalue weighted by atomic mass is 10.4. The second kappa shape index (κ2) is 4.65. The summed E-state index contributed by atoms with van der Waals surface area (Å²) in [7, 11) is 0. The van der Waals surface area contributed by atoms with Gasteiger partial charge in [0.05, 0.1) is 0 Å². The second-order valence-electron chi connectivity index (χ2n) is 2.07. The molecule has 13 heavy (non-hydrogen) atoms. The molecule has 0 radical (unpaired) electrons. The van der Waals surface area contributed by atoms with E-state index in [0.717, 1.165) is 0 Å². The molecule has 0 bridgehead atoms. The van der Waals surface area contributed by atoms with Gasteiger partial charge in [0.2, 0.25) is 5.91 Å². The third-order valence-electron chi connectivity index (χ3n) is 0.761. The fourth-order valence-electron chi connectivity index (χ4n) is 0.406. The van der Waals surface area contributed by atoms with E-state index in [0.29, 0.717) is 0 Å². The van der Waals surface area contributed by atoms with Gasteiger partial charge in [0.1, 0.15) is 6.42 Å². The Labute approximate surface area is 71.0 Å². The van der Waals surface area contributed by atoms with Gasteiger partial charge in [-0.3, -0.25) is 14.4 Å². The number of alkyl halides is 3. The first kappa shape index (κ1) is 11.7. The van der Waals surface area contributed by atoms with Gasteiger partial charge in [0, 0.05) is 0 Å². The number of nitrogens with one attached hydrogen (secondary N) is 1. The number of rotatable bonds is 4. The normalized spacial score (nSPS) is 11.0. The molecule has 0 aromatic rings. The molecule has 0 aromatic carbocycles. The smallest absolute Gasteiger partial charge is 0.368 e. The molecular weight excluding hydrogens is 193 g/mol. The van der Waals surface area contributed by atoms with Crippen LogP contribution in [0.4, 0.5) is 13.2 Å². The maximum atomic E-state index is 11.5. The summed E-state index contributed by atoms with van der Waals surface area (Å²) < 4.78 is 34.5. The number of carbonyl (C=O) groups excluding carboxylic acids is 2. The molecular formula is C5H7F3N2O3. The Kier molecular flexibility index (Phi) is 4.18. The molecule has 76 valence electrons. The summed E-state index contributed by atoms with van der Waals surface area (Å²) in [6.45, 7) is -0.663. The molecule has 0 aliphatic carbocycles. The van der Waals surface area contributed by atoms with E-state index in [4.69, 9.17) is 0 Å². The van der Waals surface area contributed by atoms with Crippen LogP contribution >= 0.6 is 0 Å². The van der Waals surface area contributed by atoms with Crippen molar-refractivity contribution in [3.05, 3.63) is 0 Å². The highest BCUT2D eigenvalue weighted by atomic mass is 19.4. The number of hydrogen-bond acceptors (Lipinski definition) is 3. The fraction of sp³-hybridized carbons (Fsp3) is 0.600. The second-order valence-corrected chi connectivity index (χ2v) is 2.07. The monoisotopic (exact) mass is 200 g/mol. The van der Waals surface area contributed by atoms with Crippen LogP contribution in [0.15, 0.2) is 0 Å². The molecule has 0 atom stereocenters. The highest BCUT2D eigenvalue weighted by Crippen LogP contribution is 2.18. The van der Waals surface area contributed by atoms with E-state index >= 15 is 0 Å². The minimum atomic E-state index is -4.60. The van der Waals surface area contributed by atoms with Crippen LogP contribution in [0.5, 0.6) is 0 Å². The van der Waals surface area contributed by atoms with Gasteiger partial charge in [0.15, 0.2) is 6.61 Å². The van der Waals surface area contributed by atoms with Crippen LogP contribution in [0.25, 0.3) is 0 Å². The van der Waals surface area contributed by atoms with Crippen molar-refractivity contribution in [2.24, 2.45) is 5.73 Å². The lowest BCUT2D eigenvalue weighted by molar-refractivity contribution is -0.162. The Bertz CT molecular complexity index is 204. The minimum absolute atomic E-state index is 0.663. The third kappa shape index (κ3) is 8.60. The van der Waals surface area contributed by atoms with Crippen LogP contribution in [-0.4, -0.2) is 24.6 Å². The van der Waals surface area contributed by atoms with Gasteiger partial charge in [-0.15, -0.1) is 0 Å². The fourth-order valence-corrected chi connectivity index (χ4v) is 0.406. The predicted octanol–water partition coefficient (Wildman–Crippen LogP) is -0.528. The average molecular weight is 200 g/mol. The summed E-state index contributed by atoms with van der Waals surface area (Å²) in [6, 6.07) is 0. The Morgan fingerprint density at radius 1 is 1.38 bits per heavy atom. The summed E-state index contributed by atoms with van der Waals surface area (Å²) in [5, 5.41) is 0. The quantitative estimate of drug-likeness (QED) is 0.598. The number of hydrogen-bond donors (Lipinski definition) is 2. The van der Waals surface area contributed by atoms with Crippen molar-refractivity contribution in [2.75, 3.05) is 6.61 Å². The van der Waals surface area contributed by atoms with Gasteiger partial charge < -0.3 is 5.73 Å². The summed E-state index contributed by atoms with van der Waals surface area (Å²) >= 11 is 0. The van der Waals surface area contributed by atoms with E-state index in [1.54, 1.807) is 0 Å². The van der Waals surface area contributed by atoms with Crippen LogP contribution in [0.2, 0.25) is 0 Å². The van der Waals surface area contributed by atoms with E-state index in [9.17, 15) is 22.8 Å². The molecule has 0 saturated heterocycles. The van der Waals surface area contributed by atoms with Crippen LogP contribution in [0.1, 0.15) is 6.42 Å². The van der Waals surface area contributed by atoms with Crippen LogP contribution in [-0.2, 0) is 14.4 Å². The zero-order chi connectivity index (χ0) is 10.5. The van der Waals surface area contributed by atoms with Gasteiger partial charge in [0.25, 0.3) is 5.91 Å². The maximum absolute atomic E-state index is 11.5. The van der Waals surface area contributed by atoms with E-state index in [2.05, 4.69) is 10.6 Å². The first-order valence-corrected chi connectivity index (χ1v) is 3.07. The van der Waals surface area contributed by atoms with Crippen molar-refractivity contribution in [3.8, 4) is 0 Å². The number of amides is 2. The summed E-state index contributed by atoms with van der Waals surface area (Å²) in [6.07, 6.45) is -6.26. The third-order valence-corrected chi connectivity index (χ3v) is 0.761. The lowest BCUT2D eigenvalue weighted by Gasteiger charge is -2.06. The minimum Gasteiger partial charge on any atom is -0.368 e. The number of carbonyl (C=O) groups is 2. The molecule has 0 fully saturated rings. The lowest BCUT2D eigenvalue weighted by Crippen LogP contribution is -2.32. The van der Waals surface area contributed by atoms with Crippen molar-refractivity contribution < 1.29 is 27.6 Å². The number of halogens is 3. The molecule has 0 aromatic heterocycles. The molecule has 0 heterocycles. The Morgan fingerprint density at radius 3 is 2.31 bits per heavy atom. The number of primary amides is 1. The van der Waals surface area contributed by atoms with E-state index < -0.39 is 31.0 Å². The van der Waals surface area contributed by atoms with Crippen LogP contribution < -0.4 is 11.2 Å². The standard InChI is InChI=1S/C5H7F3N2O3/c6-5(7,8)1-4(12)10-13-2-3(9)11/h1-2H2,(H2,9,11)(H,10,12). The van der Waals surface area contributed by atoms with Crippen molar-refractivity contribution in [2.45, 2.75) is 12.6 Å². The van der Waals surface area contributed by atoms with Crippen LogP contribution in [0.3, 0.4) is 0 Å². The van der Waals surface area contributed by atoms with Gasteiger partial charge >= 0.3 is 6.18 Å². The maximum Gasteiger partial charge on any atom is 0.397 e. The SMILES string of the molecule is NC(=O)CONC(=O)CC(F)(F)F. The average Bonchev–Trinajstić information content (AvgIpc) is 1.81.